The Labute approximate surface area is 144 Å². The molecule has 0 N–H and O–H groups in total. The van der Waals surface area contributed by atoms with Gasteiger partial charge in [0.1, 0.15) is 5.03 Å². The molecule has 4 rings (SSSR count). The van der Waals surface area contributed by atoms with E-state index in [0.29, 0.717) is 5.78 Å². The first-order valence-corrected chi connectivity index (χ1v) is 8.59. The smallest absolute Gasteiger partial charge is 0.202 e. The lowest BCUT2D eigenvalue weighted by Gasteiger charge is -2.19. The number of tetrazole rings is 1. The molecule has 0 spiro atoms. The van der Waals surface area contributed by atoms with Crippen LogP contribution in [0.1, 0.15) is 26.3 Å². The summed E-state index contributed by atoms with van der Waals surface area (Å²) in [6.45, 7) is 6.66. The molecular weight excluding hydrogens is 318 g/mol. The number of para-hydroxylation sites is 1. The van der Waals surface area contributed by atoms with Gasteiger partial charge in [0.25, 0.3) is 5.78 Å². The molecule has 2 aromatic heterocycles. The first kappa shape index (κ1) is 15.1. The Morgan fingerprint density at radius 3 is 2.46 bits per heavy atom. The zero-order valence-corrected chi connectivity index (χ0v) is 14.6. The second-order valence-corrected chi connectivity index (χ2v) is 7.76. The van der Waals surface area contributed by atoms with E-state index in [9.17, 15) is 0 Å². The van der Waals surface area contributed by atoms with Crippen LogP contribution in [0.3, 0.4) is 0 Å². The van der Waals surface area contributed by atoms with E-state index in [-0.39, 0.29) is 5.41 Å². The second-order valence-electron chi connectivity index (χ2n) is 6.70. The van der Waals surface area contributed by atoms with E-state index < -0.39 is 0 Å². The fourth-order valence-electron chi connectivity index (χ4n) is 2.61. The highest BCUT2D eigenvalue weighted by Gasteiger charge is 2.14. The van der Waals surface area contributed by atoms with Crippen molar-refractivity contribution in [3.63, 3.8) is 0 Å². The third kappa shape index (κ3) is 2.63. The molecule has 0 aliphatic carbocycles. The summed E-state index contributed by atoms with van der Waals surface area (Å²) in [4.78, 5) is 5.77. The van der Waals surface area contributed by atoms with Crippen molar-refractivity contribution < 1.29 is 0 Å². The largest absolute Gasteiger partial charge is 0.275 e. The van der Waals surface area contributed by atoms with Crippen molar-refractivity contribution in [3.8, 4) is 0 Å². The minimum Gasteiger partial charge on any atom is -0.202 e. The van der Waals surface area contributed by atoms with Crippen molar-refractivity contribution in [2.75, 3.05) is 0 Å². The van der Waals surface area contributed by atoms with Crippen LogP contribution in [0, 0.1) is 0 Å². The van der Waals surface area contributed by atoms with Gasteiger partial charge in [-0.2, -0.15) is 4.52 Å². The molecule has 2 aromatic carbocycles. The van der Waals surface area contributed by atoms with Crippen LogP contribution < -0.4 is 0 Å². The molecule has 0 saturated heterocycles. The second kappa shape index (κ2) is 5.56. The molecule has 0 bridgehead atoms. The molecule has 24 heavy (non-hydrogen) atoms. The minimum atomic E-state index is 0.153. The topological polar surface area (TPSA) is 56.0 Å². The van der Waals surface area contributed by atoms with Crippen molar-refractivity contribution in [1.82, 2.24) is 25.0 Å². The van der Waals surface area contributed by atoms with E-state index in [1.807, 2.05) is 18.2 Å². The number of benzene rings is 2. The zero-order chi connectivity index (χ0) is 16.7. The molecule has 4 aromatic rings. The number of hydrogen-bond acceptors (Lipinski definition) is 5. The third-order valence-electron chi connectivity index (χ3n) is 3.95. The Kier molecular flexibility index (Phi) is 3.49. The summed E-state index contributed by atoms with van der Waals surface area (Å²) in [6, 6.07) is 16.7. The van der Waals surface area contributed by atoms with Gasteiger partial charge < -0.3 is 0 Å². The molecule has 2 heterocycles. The third-order valence-corrected chi connectivity index (χ3v) is 4.96. The minimum absolute atomic E-state index is 0.153. The highest BCUT2D eigenvalue weighted by atomic mass is 32.2. The lowest BCUT2D eigenvalue weighted by atomic mass is 9.87. The van der Waals surface area contributed by atoms with E-state index in [2.05, 4.69) is 71.6 Å². The Bertz CT molecular complexity index is 1020. The van der Waals surface area contributed by atoms with E-state index in [1.165, 1.54) is 5.56 Å². The Hall–Kier alpha value is -2.47. The number of aromatic nitrogens is 5. The molecule has 0 unspecified atom stereocenters. The van der Waals surface area contributed by atoms with Crippen LogP contribution >= 0.6 is 11.8 Å². The standard InChI is InChI=1S/C18H17N5S/c1-18(2,3)12-8-10-13(11-9-12)24-16-14-6-4-5-7-15(14)23-17(19-16)20-21-22-23/h4-11H,1-3H3. The SMILES string of the molecule is CC(C)(C)c1ccc(Sc2nc3nnnn3c3ccccc23)cc1. The first-order chi connectivity index (χ1) is 11.5. The van der Waals surface area contributed by atoms with Crippen LogP contribution in [0.25, 0.3) is 16.7 Å². The van der Waals surface area contributed by atoms with Gasteiger partial charge in [-0.25, -0.2) is 4.98 Å². The molecule has 6 heteroatoms. The lowest BCUT2D eigenvalue weighted by Crippen LogP contribution is -2.10. The molecule has 0 amide bonds. The molecule has 5 nitrogen and oxygen atoms in total. The van der Waals surface area contributed by atoms with Gasteiger partial charge in [-0.3, -0.25) is 0 Å². The van der Waals surface area contributed by atoms with Gasteiger partial charge in [-0.1, -0.05) is 68.0 Å². The van der Waals surface area contributed by atoms with Crippen LogP contribution in [-0.2, 0) is 5.41 Å². The lowest BCUT2D eigenvalue weighted by molar-refractivity contribution is 0.590. The van der Waals surface area contributed by atoms with Gasteiger partial charge in [0, 0.05) is 10.3 Å². The van der Waals surface area contributed by atoms with Gasteiger partial charge in [-0.05, 0) is 39.6 Å². The van der Waals surface area contributed by atoms with Gasteiger partial charge in [0.05, 0.1) is 5.52 Å². The van der Waals surface area contributed by atoms with Crippen molar-refractivity contribution >= 4 is 28.4 Å². The molecule has 120 valence electrons. The van der Waals surface area contributed by atoms with E-state index in [0.717, 1.165) is 20.8 Å². The average molecular weight is 335 g/mol. The molecule has 0 aliphatic rings. The average Bonchev–Trinajstić information content (AvgIpc) is 3.03. The summed E-state index contributed by atoms with van der Waals surface area (Å²) in [5, 5.41) is 13.7. The number of nitrogens with zero attached hydrogens (tertiary/aromatic N) is 5. The van der Waals surface area contributed by atoms with Crippen molar-refractivity contribution in [2.24, 2.45) is 0 Å². The van der Waals surface area contributed by atoms with Gasteiger partial charge >= 0.3 is 0 Å². The summed E-state index contributed by atoms with van der Waals surface area (Å²) < 4.78 is 1.67. The normalized spacial score (nSPS) is 12.1. The molecule has 0 radical (unpaired) electrons. The summed E-state index contributed by atoms with van der Waals surface area (Å²) >= 11 is 1.63. The highest BCUT2D eigenvalue weighted by molar-refractivity contribution is 7.99. The maximum Gasteiger partial charge on any atom is 0.275 e. The van der Waals surface area contributed by atoms with Crippen LogP contribution in [0.5, 0.6) is 0 Å². The number of fused-ring (bicyclic) bond motifs is 3. The van der Waals surface area contributed by atoms with Crippen LogP contribution in [-0.4, -0.2) is 25.0 Å². The fourth-order valence-corrected chi connectivity index (χ4v) is 3.52. The Morgan fingerprint density at radius 2 is 1.71 bits per heavy atom. The summed E-state index contributed by atoms with van der Waals surface area (Å²) in [6.07, 6.45) is 0. The van der Waals surface area contributed by atoms with Crippen molar-refractivity contribution in [3.05, 3.63) is 54.1 Å². The van der Waals surface area contributed by atoms with Crippen molar-refractivity contribution in [2.45, 2.75) is 36.1 Å². The van der Waals surface area contributed by atoms with Gasteiger partial charge in [0.15, 0.2) is 0 Å². The number of hydrogen-bond donors (Lipinski definition) is 0. The maximum absolute atomic E-state index is 4.62. The van der Waals surface area contributed by atoms with E-state index in [4.69, 9.17) is 0 Å². The molecule has 0 aliphatic heterocycles. The first-order valence-electron chi connectivity index (χ1n) is 7.77. The molecular formula is C18H17N5S. The van der Waals surface area contributed by atoms with Crippen LogP contribution in [0.2, 0.25) is 0 Å². The summed E-state index contributed by atoms with van der Waals surface area (Å²) in [7, 11) is 0. The summed E-state index contributed by atoms with van der Waals surface area (Å²) in [5.41, 5.74) is 2.43. The zero-order valence-electron chi connectivity index (χ0n) is 13.8. The van der Waals surface area contributed by atoms with Crippen LogP contribution in [0.15, 0.2) is 58.5 Å². The monoisotopic (exact) mass is 335 g/mol. The predicted molar refractivity (Wildman–Crippen MR) is 95.3 cm³/mol. The van der Waals surface area contributed by atoms with Gasteiger partial charge in [-0.15, -0.1) is 0 Å². The summed E-state index contributed by atoms with van der Waals surface area (Å²) in [5.74, 6) is 0.516. The fraction of sp³-hybridized carbons (Fsp3) is 0.222. The highest BCUT2D eigenvalue weighted by Crippen LogP contribution is 2.33. The quantitative estimate of drug-likeness (QED) is 0.516. The molecule has 0 atom stereocenters. The Balaban J connectivity index is 1.78. The predicted octanol–water partition coefficient (Wildman–Crippen LogP) is 4.12. The Morgan fingerprint density at radius 1 is 0.958 bits per heavy atom. The van der Waals surface area contributed by atoms with E-state index >= 15 is 0 Å². The molecule has 0 fully saturated rings. The molecule has 0 saturated carbocycles. The maximum atomic E-state index is 4.62. The number of rotatable bonds is 2. The van der Waals surface area contributed by atoms with Crippen molar-refractivity contribution in [1.29, 1.82) is 0 Å². The van der Waals surface area contributed by atoms with Crippen LogP contribution in [0.4, 0.5) is 0 Å². The van der Waals surface area contributed by atoms with Gasteiger partial charge in [0.2, 0.25) is 0 Å². The van der Waals surface area contributed by atoms with E-state index in [1.54, 1.807) is 16.3 Å².